The molecule has 2 aromatic carbocycles. The van der Waals surface area contributed by atoms with Crippen LogP contribution in [0, 0.1) is 5.82 Å². The normalized spacial score (nSPS) is 17.6. The van der Waals surface area contributed by atoms with Crippen LogP contribution < -0.4 is 5.32 Å². The second kappa shape index (κ2) is 4.82. The van der Waals surface area contributed by atoms with Crippen molar-refractivity contribution < 1.29 is 4.39 Å². The summed E-state index contributed by atoms with van der Waals surface area (Å²) in [5, 5.41) is 3.54. The third kappa shape index (κ3) is 2.20. The largest absolute Gasteiger partial charge is 0.377 e. The van der Waals surface area contributed by atoms with Crippen molar-refractivity contribution in [3.05, 3.63) is 58.9 Å². The molecular weight excluding hydrogens is 269 g/mol. The minimum Gasteiger partial charge on any atom is -0.377 e. The highest BCUT2D eigenvalue weighted by molar-refractivity contribution is 7.99. The molecule has 0 radical (unpaired) electrons. The second-order valence-corrected chi connectivity index (χ2v) is 5.64. The van der Waals surface area contributed by atoms with E-state index in [1.54, 1.807) is 12.1 Å². The number of benzene rings is 2. The first-order valence-electron chi connectivity index (χ1n) is 5.67. The quantitative estimate of drug-likeness (QED) is 0.852. The van der Waals surface area contributed by atoms with Crippen LogP contribution in [-0.4, -0.2) is 5.75 Å². The summed E-state index contributed by atoms with van der Waals surface area (Å²) in [5.74, 6) is 0.595. The maximum atomic E-state index is 13.1. The maximum absolute atomic E-state index is 13.1. The molecule has 4 heteroatoms. The molecule has 1 nitrogen and oxygen atoms in total. The number of halogens is 2. The summed E-state index contributed by atoms with van der Waals surface area (Å²) >= 11 is 7.61. The average Bonchev–Trinajstić information content (AvgIpc) is 2.78. The van der Waals surface area contributed by atoms with Gasteiger partial charge in [0, 0.05) is 16.3 Å². The van der Waals surface area contributed by atoms with E-state index in [9.17, 15) is 4.39 Å². The second-order valence-electron chi connectivity index (χ2n) is 4.17. The number of anilines is 1. The SMILES string of the molecule is Fc1ccc(NC2CSc3ccccc32)cc1Cl. The zero-order chi connectivity index (χ0) is 12.5. The Balaban J connectivity index is 1.84. The molecule has 0 spiro atoms. The van der Waals surface area contributed by atoms with Gasteiger partial charge in [0.15, 0.2) is 0 Å². The minimum absolute atomic E-state index is 0.152. The zero-order valence-electron chi connectivity index (χ0n) is 9.49. The first-order valence-corrected chi connectivity index (χ1v) is 7.04. The monoisotopic (exact) mass is 279 g/mol. The highest BCUT2D eigenvalue weighted by Gasteiger charge is 2.22. The molecule has 1 aliphatic rings. The zero-order valence-corrected chi connectivity index (χ0v) is 11.1. The Kier molecular flexibility index (Phi) is 3.18. The summed E-state index contributed by atoms with van der Waals surface area (Å²) in [6, 6.07) is 13.3. The van der Waals surface area contributed by atoms with Crippen LogP contribution in [0.2, 0.25) is 5.02 Å². The lowest BCUT2D eigenvalue weighted by atomic mass is 10.1. The van der Waals surface area contributed by atoms with E-state index in [4.69, 9.17) is 11.6 Å². The average molecular weight is 280 g/mol. The van der Waals surface area contributed by atoms with Gasteiger partial charge in [0.2, 0.25) is 0 Å². The summed E-state index contributed by atoms with van der Waals surface area (Å²) in [4.78, 5) is 1.31. The molecule has 1 heterocycles. The van der Waals surface area contributed by atoms with Crippen LogP contribution in [0.25, 0.3) is 0 Å². The van der Waals surface area contributed by atoms with E-state index in [1.165, 1.54) is 16.5 Å². The summed E-state index contributed by atoms with van der Waals surface area (Å²) in [6.07, 6.45) is 0. The fourth-order valence-corrected chi connectivity index (χ4v) is 3.41. The van der Waals surface area contributed by atoms with Crippen molar-refractivity contribution in [2.24, 2.45) is 0 Å². The van der Waals surface area contributed by atoms with Crippen molar-refractivity contribution >= 4 is 29.1 Å². The van der Waals surface area contributed by atoms with Gasteiger partial charge in [-0.05, 0) is 29.8 Å². The van der Waals surface area contributed by atoms with Crippen molar-refractivity contribution in [3.63, 3.8) is 0 Å². The number of fused-ring (bicyclic) bond motifs is 1. The number of hydrogen-bond acceptors (Lipinski definition) is 2. The van der Waals surface area contributed by atoms with Crippen LogP contribution in [-0.2, 0) is 0 Å². The lowest BCUT2D eigenvalue weighted by Gasteiger charge is -2.15. The first kappa shape index (κ1) is 11.9. The van der Waals surface area contributed by atoms with Gasteiger partial charge in [0.25, 0.3) is 0 Å². The number of hydrogen-bond donors (Lipinski definition) is 1. The summed E-state index contributed by atoms with van der Waals surface area (Å²) < 4.78 is 13.1. The Labute approximate surface area is 114 Å². The Bertz CT molecular complexity index is 588. The molecule has 18 heavy (non-hydrogen) atoms. The third-order valence-electron chi connectivity index (χ3n) is 2.96. The minimum atomic E-state index is -0.386. The van der Waals surface area contributed by atoms with E-state index >= 15 is 0 Å². The van der Waals surface area contributed by atoms with Crippen molar-refractivity contribution in [2.45, 2.75) is 10.9 Å². The molecule has 0 amide bonds. The van der Waals surface area contributed by atoms with Gasteiger partial charge < -0.3 is 5.32 Å². The Morgan fingerprint density at radius 3 is 2.89 bits per heavy atom. The first-order chi connectivity index (χ1) is 8.74. The lowest BCUT2D eigenvalue weighted by molar-refractivity contribution is 0.628. The highest BCUT2D eigenvalue weighted by atomic mass is 35.5. The van der Waals surface area contributed by atoms with E-state index < -0.39 is 0 Å². The molecule has 0 bridgehead atoms. The molecule has 0 saturated carbocycles. The summed E-state index contributed by atoms with van der Waals surface area (Å²) in [5.41, 5.74) is 2.15. The number of thioether (sulfide) groups is 1. The van der Waals surface area contributed by atoms with E-state index in [-0.39, 0.29) is 16.9 Å². The molecule has 0 saturated heterocycles. The molecule has 1 aliphatic heterocycles. The maximum Gasteiger partial charge on any atom is 0.141 e. The van der Waals surface area contributed by atoms with Gasteiger partial charge in [-0.1, -0.05) is 29.8 Å². The van der Waals surface area contributed by atoms with Gasteiger partial charge in [0.1, 0.15) is 5.82 Å². The Morgan fingerprint density at radius 1 is 1.22 bits per heavy atom. The van der Waals surface area contributed by atoms with E-state index in [0.29, 0.717) is 0 Å². The molecule has 92 valence electrons. The van der Waals surface area contributed by atoms with Crippen molar-refractivity contribution in [2.75, 3.05) is 11.1 Å². The molecule has 0 aliphatic carbocycles. The fourth-order valence-electron chi connectivity index (χ4n) is 2.07. The van der Waals surface area contributed by atoms with Crippen molar-refractivity contribution in [3.8, 4) is 0 Å². The van der Waals surface area contributed by atoms with Gasteiger partial charge >= 0.3 is 0 Å². The fraction of sp³-hybridized carbons (Fsp3) is 0.143. The van der Waals surface area contributed by atoms with Crippen molar-refractivity contribution in [1.29, 1.82) is 0 Å². The molecule has 0 fully saturated rings. The standard InChI is InChI=1S/C14H11ClFNS/c15-11-7-9(5-6-12(11)16)17-13-8-18-14-4-2-1-3-10(13)14/h1-7,13,17H,8H2. The third-order valence-corrected chi connectivity index (χ3v) is 4.43. The highest BCUT2D eigenvalue weighted by Crippen LogP contribution is 2.39. The summed E-state index contributed by atoms with van der Waals surface area (Å²) in [7, 11) is 0. The van der Waals surface area contributed by atoms with Crippen molar-refractivity contribution in [1.82, 2.24) is 0 Å². The molecule has 1 unspecified atom stereocenters. The van der Waals surface area contributed by atoms with Gasteiger partial charge in [-0.25, -0.2) is 4.39 Å². The Hall–Kier alpha value is -1.19. The summed E-state index contributed by atoms with van der Waals surface area (Å²) in [6.45, 7) is 0. The van der Waals surface area contributed by atoms with Crippen LogP contribution >= 0.6 is 23.4 Å². The number of rotatable bonds is 2. The van der Waals surface area contributed by atoms with Gasteiger partial charge in [-0.3, -0.25) is 0 Å². The molecule has 1 atom stereocenters. The Morgan fingerprint density at radius 2 is 2.06 bits per heavy atom. The molecule has 3 rings (SSSR count). The molecular formula is C14H11ClFNS. The van der Waals surface area contributed by atoms with Crippen LogP contribution in [0.15, 0.2) is 47.4 Å². The van der Waals surface area contributed by atoms with Crippen LogP contribution in [0.4, 0.5) is 10.1 Å². The molecule has 1 N–H and O–H groups in total. The lowest BCUT2D eigenvalue weighted by Crippen LogP contribution is -2.09. The van der Waals surface area contributed by atoms with Crippen LogP contribution in [0.3, 0.4) is 0 Å². The van der Waals surface area contributed by atoms with Gasteiger partial charge in [-0.2, -0.15) is 0 Å². The van der Waals surface area contributed by atoms with Gasteiger partial charge in [-0.15, -0.1) is 11.8 Å². The number of nitrogens with one attached hydrogen (secondary N) is 1. The van der Waals surface area contributed by atoms with Crippen LogP contribution in [0.5, 0.6) is 0 Å². The molecule has 0 aromatic heterocycles. The van der Waals surface area contributed by atoms with E-state index in [0.717, 1.165) is 11.4 Å². The van der Waals surface area contributed by atoms with Gasteiger partial charge in [0.05, 0.1) is 11.1 Å². The van der Waals surface area contributed by atoms with E-state index in [2.05, 4.69) is 17.4 Å². The molecule has 2 aromatic rings. The smallest absolute Gasteiger partial charge is 0.141 e. The predicted molar refractivity (Wildman–Crippen MR) is 74.9 cm³/mol. The van der Waals surface area contributed by atoms with Crippen LogP contribution in [0.1, 0.15) is 11.6 Å². The topological polar surface area (TPSA) is 12.0 Å². The van der Waals surface area contributed by atoms with E-state index in [1.807, 2.05) is 23.9 Å². The predicted octanol–water partition coefficient (Wildman–Crippen LogP) is 4.74.